The van der Waals surface area contributed by atoms with Crippen molar-refractivity contribution in [1.82, 2.24) is 4.90 Å². The molecule has 0 aromatic heterocycles. The summed E-state index contributed by atoms with van der Waals surface area (Å²) < 4.78 is 28.5. The average molecular weight is 300 g/mol. The van der Waals surface area contributed by atoms with E-state index in [4.69, 9.17) is 10.8 Å². The summed E-state index contributed by atoms with van der Waals surface area (Å²) in [5.41, 5.74) is 7.17. The Morgan fingerprint density at radius 3 is 2.62 bits per heavy atom. The third kappa shape index (κ3) is 4.21. The Balaban J connectivity index is 1.93. The van der Waals surface area contributed by atoms with Crippen LogP contribution in [0.4, 0.5) is 19.3 Å². The number of nitrogens with zero attached hydrogens (tertiary/aromatic N) is 1. The number of rotatable bonds is 4. The second-order valence-corrected chi connectivity index (χ2v) is 5.16. The zero-order valence-electron chi connectivity index (χ0n) is 11.5. The van der Waals surface area contributed by atoms with Gasteiger partial charge in [-0.2, -0.15) is 8.78 Å². The summed E-state index contributed by atoms with van der Waals surface area (Å²) >= 11 is 0. The molecule has 116 valence electrons. The molecule has 1 aliphatic rings. The number of nitrogens with two attached hydrogens (primary N) is 1. The van der Waals surface area contributed by atoms with E-state index in [-0.39, 0.29) is 5.75 Å². The smallest absolute Gasteiger partial charge is 0.407 e. The largest absolute Gasteiger partial charge is 0.465 e. The molecule has 1 aromatic carbocycles. The molecule has 1 aromatic rings. The molecule has 0 aliphatic carbocycles. The highest BCUT2D eigenvalue weighted by atomic mass is 19.3. The number of hydrogen-bond donors (Lipinski definition) is 2. The van der Waals surface area contributed by atoms with Crippen LogP contribution in [-0.4, -0.2) is 35.8 Å². The molecule has 0 spiro atoms. The minimum absolute atomic E-state index is 0.0481. The lowest BCUT2D eigenvalue weighted by atomic mass is 9.89. The van der Waals surface area contributed by atoms with Crippen LogP contribution in [0.1, 0.15) is 18.4 Å². The second kappa shape index (κ2) is 6.60. The lowest BCUT2D eigenvalue weighted by Crippen LogP contribution is -2.37. The molecule has 1 amide bonds. The first-order valence-electron chi connectivity index (χ1n) is 6.77. The van der Waals surface area contributed by atoms with Crippen molar-refractivity contribution < 1.29 is 23.4 Å². The number of carbonyl (C=O) groups is 1. The van der Waals surface area contributed by atoms with Gasteiger partial charge < -0.3 is 20.5 Å². The standard InChI is InChI=1S/C14H18F2N2O3/c15-13(16)21-11-2-1-10(12(17)8-11)7-9-3-5-18(6-4-9)14(19)20/h1-2,8-9,13H,3-7,17H2,(H,19,20). The number of carboxylic acid groups (broad SMARTS) is 1. The lowest BCUT2D eigenvalue weighted by Gasteiger charge is -2.30. The summed E-state index contributed by atoms with van der Waals surface area (Å²) in [5, 5.41) is 8.89. The molecule has 0 saturated carbocycles. The third-order valence-electron chi connectivity index (χ3n) is 3.74. The molecule has 1 fully saturated rings. The Morgan fingerprint density at radius 1 is 1.43 bits per heavy atom. The molecule has 0 unspecified atom stereocenters. The number of alkyl halides is 2. The van der Waals surface area contributed by atoms with E-state index in [1.165, 1.54) is 17.0 Å². The van der Waals surface area contributed by atoms with Crippen LogP contribution in [0.15, 0.2) is 18.2 Å². The number of piperidine rings is 1. The molecule has 0 radical (unpaired) electrons. The van der Waals surface area contributed by atoms with E-state index < -0.39 is 12.7 Å². The Morgan fingerprint density at radius 2 is 2.10 bits per heavy atom. The van der Waals surface area contributed by atoms with Crippen LogP contribution >= 0.6 is 0 Å². The Hall–Kier alpha value is -2.05. The zero-order valence-corrected chi connectivity index (χ0v) is 11.5. The van der Waals surface area contributed by atoms with Gasteiger partial charge in [-0.15, -0.1) is 0 Å². The molecule has 5 nitrogen and oxygen atoms in total. The molecule has 21 heavy (non-hydrogen) atoms. The molecule has 1 saturated heterocycles. The minimum Gasteiger partial charge on any atom is -0.465 e. The van der Waals surface area contributed by atoms with Crippen LogP contribution in [0, 0.1) is 5.92 Å². The van der Waals surface area contributed by atoms with Crippen LogP contribution in [0.5, 0.6) is 5.75 Å². The molecule has 1 aliphatic heterocycles. The topological polar surface area (TPSA) is 75.8 Å². The normalized spacial score (nSPS) is 16.2. The maximum atomic E-state index is 12.1. The fourth-order valence-electron chi connectivity index (χ4n) is 2.57. The van der Waals surface area contributed by atoms with Crippen molar-refractivity contribution in [2.24, 2.45) is 5.92 Å². The van der Waals surface area contributed by atoms with Gasteiger partial charge in [0, 0.05) is 24.8 Å². The lowest BCUT2D eigenvalue weighted by molar-refractivity contribution is -0.0498. The van der Waals surface area contributed by atoms with Crippen LogP contribution in [0.2, 0.25) is 0 Å². The van der Waals surface area contributed by atoms with Crippen LogP contribution in [-0.2, 0) is 6.42 Å². The summed E-state index contributed by atoms with van der Waals surface area (Å²) in [6.07, 6.45) is 1.39. The second-order valence-electron chi connectivity index (χ2n) is 5.16. The molecule has 7 heteroatoms. The van der Waals surface area contributed by atoms with Gasteiger partial charge in [0.1, 0.15) is 5.75 Å². The van der Waals surface area contributed by atoms with E-state index in [0.717, 1.165) is 18.4 Å². The van der Waals surface area contributed by atoms with Crippen molar-refractivity contribution in [3.05, 3.63) is 23.8 Å². The number of amides is 1. The van der Waals surface area contributed by atoms with Gasteiger partial charge in [-0.1, -0.05) is 6.07 Å². The van der Waals surface area contributed by atoms with Gasteiger partial charge >= 0.3 is 12.7 Å². The SMILES string of the molecule is Nc1cc(OC(F)F)ccc1CC1CCN(C(=O)O)CC1. The van der Waals surface area contributed by atoms with Crippen molar-refractivity contribution in [3.8, 4) is 5.75 Å². The highest BCUT2D eigenvalue weighted by molar-refractivity contribution is 5.65. The Bertz CT molecular complexity index is 503. The van der Waals surface area contributed by atoms with E-state index in [2.05, 4.69) is 4.74 Å². The van der Waals surface area contributed by atoms with Crippen molar-refractivity contribution in [2.75, 3.05) is 18.8 Å². The van der Waals surface area contributed by atoms with Gasteiger partial charge in [0.25, 0.3) is 0 Å². The number of benzene rings is 1. The first-order chi connectivity index (χ1) is 9.95. The molecule has 1 heterocycles. The first kappa shape index (κ1) is 15.3. The monoisotopic (exact) mass is 300 g/mol. The predicted molar refractivity (Wildman–Crippen MR) is 73.5 cm³/mol. The fourth-order valence-corrected chi connectivity index (χ4v) is 2.57. The predicted octanol–water partition coefficient (Wildman–Crippen LogP) is 2.80. The third-order valence-corrected chi connectivity index (χ3v) is 3.74. The van der Waals surface area contributed by atoms with Crippen molar-refractivity contribution in [3.63, 3.8) is 0 Å². The number of likely N-dealkylation sites (tertiary alicyclic amines) is 1. The van der Waals surface area contributed by atoms with Crippen molar-refractivity contribution in [1.29, 1.82) is 0 Å². The highest BCUT2D eigenvalue weighted by Crippen LogP contribution is 2.27. The van der Waals surface area contributed by atoms with Crippen LogP contribution in [0.25, 0.3) is 0 Å². The maximum Gasteiger partial charge on any atom is 0.407 e. The summed E-state index contributed by atoms with van der Waals surface area (Å²) in [4.78, 5) is 12.2. The number of nitrogen functional groups attached to an aromatic ring is 1. The van der Waals surface area contributed by atoms with Gasteiger partial charge in [0.15, 0.2) is 0 Å². The van der Waals surface area contributed by atoms with Gasteiger partial charge in [0.05, 0.1) is 0 Å². The van der Waals surface area contributed by atoms with Crippen molar-refractivity contribution in [2.45, 2.75) is 25.9 Å². The van der Waals surface area contributed by atoms with Crippen LogP contribution in [0.3, 0.4) is 0 Å². The van der Waals surface area contributed by atoms with E-state index in [9.17, 15) is 13.6 Å². The number of ether oxygens (including phenoxy) is 1. The summed E-state index contributed by atoms with van der Waals surface area (Å²) in [6.45, 7) is -1.82. The van der Waals surface area contributed by atoms with Gasteiger partial charge in [0.2, 0.25) is 0 Å². The molecule has 0 atom stereocenters. The molecule has 3 N–H and O–H groups in total. The summed E-state index contributed by atoms with van der Waals surface area (Å²) in [6, 6.07) is 4.56. The summed E-state index contributed by atoms with van der Waals surface area (Å²) in [7, 11) is 0. The van der Waals surface area contributed by atoms with Crippen LogP contribution < -0.4 is 10.5 Å². The molecule has 2 rings (SSSR count). The van der Waals surface area contributed by atoms with E-state index in [1.54, 1.807) is 6.07 Å². The van der Waals surface area contributed by atoms with E-state index in [0.29, 0.717) is 31.1 Å². The summed E-state index contributed by atoms with van der Waals surface area (Å²) in [5.74, 6) is 0.400. The molecule has 0 bridgehead atoms. The fraction of sp³-hybridized carbons (Fsp3) is 0.500. The first-order valence-corrected chi connectivity index (χ1v) is 6.77. The molecular weight excluding hydrogens is 282 g/mol. The Kier molecular flexibility index (Phi) is 4.82. The zero-order chi connectivity index (χ0) is 15.4. The number of anilines is 1. The minimum atomic E-state index is -2.87. The van der Waals surface area contributed by atoms with Gasteiger partial charge in [-0.25, -0.2) is 4.79 Å². The van der Waals surface area contributed by atoms with Crippen molar-refractivity contribution >= 4 is 11.8 Å². The quantitative estimate of drug-likeness (QED) is 0.838. The van der Waals surface area contributed by atoms with Gasteiger partial charge in [-0.05, 0) is 36.8 Å². The average Bonchev–Trinajstić information content (AvgIpc) is 2.42. The molecular formula is C14H18F2N2O3. The number of hydrogen-bond acceptors (Lipinski definition) is 3. The van der Waals surface area contributed by atoms with E-state index >= 15 is 0 Å². The number of halogens is 2. The Labute approximate surface area is 121 Å². The van der Waals surface area contributed by atoms with Gasteiger partial charge in [-0.3, -0.25) is 0 Å². The highest BCUT2D eigenvalue weighted by Gasteiger charge is 2.23. The van der Waals surface area contributed by atoms with E-state index in [1.807, 2.05) is 0 Å². The maximum absolute atomic E-state index is 12.1.